The van der Waals surface area contributed by atoms with Crippen molar-refractivity contribution in [3.05, 3.63) is 12.2 Å². The van der Waals surface area contributed by atoms with Crippen molar-refractivity contribution < 1.29 is 19.1 Å². The predicted octanol–water partition coefficient (Wildman–Crippen LogP) is 2.69. The Kier molecular flexibility index (Phi) is 4.39. The Bertz CT molecular complexity index is 517. The first-order chi connectivity index (χ1) is 10.4. The van der Waals surface area contributed by atoms with Gasteiger partial charge in [-0.2, -0.15) is 0 Å². The molecule has 0 saturated carbocycles. The molecule has 1 unspecified atom stereocenters. The van der Waals surface area contributed by atoms with Gasteiger partial charge in [-0.15, -0.1) is 0 Å². The van der Waals surface area contributed by atoms with Crippen molar-refractivity contribution in [3.63, 3.8) is 0 Å². The topological polar surface area (TPSA) is 55.8 Å². The van der Waals surface area contributed by atoms with Crippen LogP contribution < -0.4 is 0 Å². The minimum Gasteiger partial charge on any atom is -0.465 e. The maximum atomic E-state index is 12.3. The van der Waals surface area contributed by atoms with E-state index in [4.69, 9.17) is 9.47 Å². The van der Waals surface area contributed by atoms with Gasteiger partial charge in [-0.05, 0) is 48.1 Å². The average molecular weight is 323 g/mol. The molecule has 2 rings (SSSR count). The lowest BCUT2D eigenvalue weighted by Gasteiger charge is -2.58. The molecule has 0 radical (unpaired) electrons. The lowest BCUT2D eigenvalue weighted by atomic mass is 9.65. The number of rotatable bonds is 3. The van der Waals surface area contributed by atoms with E-state index in [0.717, 1.165) is 0 Å². The smallest absolute Gasteiger partial charge is 0.333 e. The highest BCUT2D eigenvalue weighted by Gasteiger charge is 2.59. The molecule has 2 fully saturated rings. The zero-order valence-electron chi connectivity index (χ0n) is 15.2. The fraction of sp³-hybridized carbons (Fsp3) is 0.778. The molecule has 0 bridgehead atoms. The first kappa shape index (κ1) is 18.0. The van der Waals surface area contributed by atoms with E-state index in [1.807, 2.05) is 0 Å². The fourth-order valence-electron chi connectivity index (χ4n) is 4.22. The molecule has 5 heteroatoms. The number of likely N-dealkylation sites (tertiary alicyclic amines) is 1. The number of carbonyl (C=O) groups is 2. The van der Waals surface area contributed by atoms with Gasteiger partial charge in [0.15, 0.2) is 0 Å². The summed E-state index contributed by atoms with van der Waals surface area (Å²) in [7, 11) is 2.08. The molecule has 0 aliphatic carbocycles. The first-order valence-electron chi connectivity index (χ1n) is 8.21. The van der Waals surface area contributed by atoms with Crippen LogP contribution >= 0.6 is 0 Å². The molecule has 0 aromatic heterocycles. The molecule has 0 amide bonds. The van der Waals surface area contributed by atoms with E-state index < -0.39 is 17.5 Å². The summed E-state index contributed by atoms with van der Waals surface area (Å²) < 4.78 is 11.1. The SMILES string of the molecule is C=C(C)C(=O)OC1(C2CCOC2=O)CC(C)(C)N(C)C(C)(C)C1. The van der Waals surface area contributed by atoms with Gasteiger partial charge >= 0.3 is 11.9 Å². The van der Waals surface area contributed by atoms with Gasteiger partial charge in [0.1, 0.15) is 5.60 Å². The summed E-state index contributed by atoms with van der Waals surface area (Å²) in [6.07, 6.45) is 1.79. The molecule has 2 saturated heterocycles. The van der Waals surface area contributed by atoms with E-state index in [1.165, 1.54) is 0 Å². The van der Waals surface area contributed by atoms with E-state index in [1.54, 1.807) is 6.92 Å². The molecule has 1 atom stereocenters. The molecule has 5 nitrogen and oxygen atoms in total. The number of piperidine rings is 1. The molecule has 23 heavy (non-hydrogen) atoms. The van der Waals surface area contributed by atoms with Crippen molar-refractivity contribution in [2.24, 2.45) is 5.92 Å². The van der Waals surface area contributed by atoms with Gasteiger partial charge < -0.3 is 9.47 Å². The maximum absolute atomic E-state index is 12.3. The second-order valence-corrected chi connectivity index (χ2v) is 8.28. The number of hydrogen-bond donors (Lipinski definition) is 0. The van der Waals surface area contributed by atoms with Gasteiger partial charge in [0, 0.05) is 29.5 Å². The van der Waals surface area contributed by atoms with Gasteiger partial charge in [0.2, 0.25) is 0 Å². The summed E-state index contributed by atoms with van der Waals surface area (Å²) >= 11 is 0. The zero-order chi connectivity index (χ0) is 17.6. The lowest BCUT2D eigenvalue weighted by Crippen LogP contribution is -2.67. The highest BCUT2D eigenvalue weighted by molar-refractivity contribution is 5.88. The number of hydrogen-bond acceptors (Lipinski definition) is 5. The van der Waals surface area contributed by atoms with Crippen molar-refractivity contribution in [1.29, 1.82) is 0 Å². The highest BCUT2D eigenvalue weighted by atomic mass is 16.6. The predicted molar refractivity (Wildman–Crippen MR) is 87.9 cm³/mol. The Labute approximate surface area is 139 Å². The minimum atomic E-state index is -0.844. The number of carbonyl (C=O) groups excluding carboxylic acids is 2. The van der Waals surface area contributed by atoms with Crippen LogP contribution in [-0.4, -0.2) is 47.2 Å². The molecule has 2 aliphatic rings. The van der Waals surface area contributed by atoms with Crippen LogP contribution in [0.5, 0.6) is 0 Å². The number of ether oxygens (including phenoxy) is 2. The van der Waals surface area contributed by atoms with E-state index >= 15 is 0 Å². The molecule has 130 valence electrons. The van der Waals surface area contributed by atoms with Crippen LogP contribution in [0.15, 0.2) is 12.2 Å². The Morgan fingerprint density at radius 2 is 1.78 bits per heavy atom. The van der Waals surface area contributed by atoms with Crippen molar-refractivity contribution in [1.82, 2.24) is 4.90 Å². The van der Waals surface area contributed by atoms with Crippen molar-refractivity contribution in [2.45, 2.75) is 70.6 Å². The van der Waals surface area contributed by atoms with Crippen molar-refractivity contribution in [2.75, 3.05) is 13.7 Å². The minimum absolute atomic E-state index is 0.208. The third-order valence-electron chi connectivity index (χ3n) is 5.49. The summed E-state index contributed by atoms with van der Waals surface area (Å²) in [5.41, 5.74) is -0.909. The first-order valence-corrected chi connectivity index (χ1v) is 8.21. The summed E-state index contributed by atoms with van der Waals surface area (Å²) in [6.45, 7) is 14.2. The maximum Gasteiger partial charge on any atom is 0.333 e. The Morgan fingerprint density at radius 3 is 2.17 bits per heavy atom. The largest absolute Gasteiger partial charge is 0.465 e. The highest BCUT2D eigenvalue weighted by Crippen LogP contribution is 2.50. The van der Waals surface area contributed by atoms with Crippen LogP contribution in [0.3, 0.4) is 0 Å². The van der Waals surface area contributed by atoms with Gasteiger partial charge in [-0.25, -0.2) is 4.79 Å². The summed E-state index contributed by atoms with van der Waals surface area (Å²) in [4.78, 5) is 26.9. The van der Waals surface area contributed by atoms with Crippen LogP contribution in [0.4, 0.5) is 0 Å². The fourth-order valence-corrected chi connectivity index (χ4v) is 4.22. The standard InChI is InChI=1S/C18H29NO4/c1-12(2)14(20)23-18(13-8-9-22-15(13)21)10-16(3,4)19(7)17(5,6)11-18/h13H,1,8-11H2,2-7H3. The molecular formula is C18H29NO4. The zero-order valence-corrected chi connectivity index (χ0v) is 15.2. The third-order valence-corrected chi connectivity index (χ3v) is 5.49. The summed E-state index contributed by atoms with van der Waals surface area (Å²) in [5, 5.41) is 0. The molecule has 2 aliphatic heterocycles. The van der Waals surface area contributed by atoms with Crippen LogP contribution in [0.1, 0.15) is 53.9 Å². The van der Waals surface area contributed by atoms with Crippen LogP contribution in [0, 0.1) is 5.92 Å². The molecule has 2 heterocycles. The Morgan fingerprint density at radius 1 is 1.26 bits per heavy atom. The third kappa shape index (κ3) is 3.16. The summed E-state index contributed by atoms with van der Waals surface area (Å²) in [5.74, 6) is -1.09. The van der Waals surface area contributed by atoms with Gasteiger partial charge in [-0.1, -0.05) is 6.58 Å². The lowest BCUT2D eigenvalue weighted by molar-refractivity contribution is -0.193. The Balaban J connectivity index is 2.47. The molecular weight excluding hydrogens is 294 g/mol. The van der Waals surface area contributed by atoms with Crippen LogP contribution in [-0.2, 0) is 19.1 Å². The van der Waals surface area contributed by atoms with E-state index in [-0.39, 0.29) is 17.0 Å². The van der Waals surface area contributed by atoms with Gasteiger partial charge in [-0.3, -0.25) is 9.69 Å². The van der Waals surface area contributed by atoms with Crippen LogP contribution in [0.2, 0.25) is 0 Å². The second-order valence-electron chi connectivity index (χ2n) is 8.28. The van der Waals surface area contributed by atoms with Crippen molar-refractivity contribution in [3.8, 4) is 0 Å². The second kappa shape index (κ2) is 5.62. The monoisotopic (exact) mass is 323 g/mol. The van der Waals surface area contributed by atoms with Crippen LogP contribution in [0.25, 0.3) is 0 Å². The molecule has 0 spiro atoms. The Hall–Kier alpha value is -1.36. The van der Waals surface area contributed by atoms with E-state index in [0.29, 0.717) is 31.4 Å². The normalized spacial score (nSPS) is 29.0. The molecule has 0 N–H and O–H groups in total. The average Bonchev–Trinajstić information content (AvgIpc) is 2.82. The number of cyclic esters (lactones) is 1. The van der Waals surface area contributed by atoms with Gasteiger partial charge in [0.05, 0.1) is 12.5 Å². The number of esters is 2. The quantitative estimate of drug-likeness (QED) is 0.590. The number of nitrogens with zero attached hydrogens (tertiary/aromatic N) is 1. The van der Waals surface area contributed by atoms with Crippen molar-refractivity contribution >= 4 is 11.9 Å². The van der Waals surface area contributed by atoms with Gasteiger partial charge in [0.25, 0.3) is 0 Å². The molecule has 0 aromatic carbocycles. The van der Waals surface area contributed by atoms with E-state index in [2.05, 4.69) is 46.2 Å². The molecule has 0 aromatic rings. The van der Waals surface area contributed by atoms with E-state index in [9.17, 15) is 9.59 Å². The summed E-state index contributed by atoms with van der Waals surface area (Å²) in [6, 6.07) is 0.